The van der Waals surface area contributed by atoms with Crippen LogP contribution < -0.4 is 5.06 Å². The number of anilines is 1. The standard InChI is InChI=1S/C15H12FN3O2/c1-10(20)19(21)13-3-5-15(17-9-13)18-7-6-11-8-12(16)2-4-14(11)18/h2-9,21H,1H3. The zero-order valence-electron chi connectivity index (χ0n) is 11.2. The Hall–Kier alpha value is -2.73. The number of hydroxylamine groups is 1. The summed E-state index contributed by atoms with van der Waals surface area (Å²) in [5, 5.41) is 10.8. The fraction of sp³-hybridized carbons (Fsp3) is 0.0667. The topological polar surface area (TPSA) is 58.4 Å². The van der Waals surface area contributed by atoms with E-state index in [9.17, 15) is 14.4 Å². The molecule has 5 nitrogen and oxygen atoms in total. The highest BCUT2D eigenvalue weighted by Gasteiger charge is 2.10. The molecular formula is C15H12FN3O2. The molecule has 0 aliphatic rings. The van der Waals surface area contributed by atoms with E-state index in [1.54, 1.807) is 35.0 Å². The lowest BCUT2D eigenvalue weighted by atomic mass is 10.2. The van der Waals surface area contributed by atoms with Crippen LogP contribution in [0.5, 0.6) is 0 Å². The number of aromatic nitrogens is 2. The van der Waals surface area contributed by atoms with Crippen LogP contribution in [0, 0.1) is 5.82 Å². The first-order chi connectivity index (χ1) is 10.1. The second-order valence-electron chi connectivity index (χ2n) is 4.59. The lowest BCUT2D eigenvalue weighted by Crippen LogP contribution is -2.23. The second kappa shape index (κ2) is 4.99. The van der Waals surface area contributed by atoms with E-state index < -0.39 is 5.91 Å². The molecule has 2 aromatic heterocycles. The fourth-order valence-electron chi connectivity index (χ4n) is 2.14. The van der Waals surface area contributed by atoms with Crippen LogP contribution in [0.3, 0.4) is 0 Å². The molecule has 0 aliphatic carbocycles. The van der Waals surface area contributed by atoms with Crippen molar-refractivity contribution in [3.05, 3.63) is 54.6 Å². The Morgan fingerprint density at radius 1 is 1.29 bits per heavy atom. The summed E-state index contributed by atoms with van der Waals surface area (Å²) >= 11 is 0. The predicted molar refractivity (Wildman–Crippen MR) is 76.0 cm³/mol. The van der Waals surface area contributed by atoms with Gasteiger partial charge in [-0.25, -0.2) is 9.37 Å². The zero-order valence-corrected chi connectivity index (χ0v) is 11.2. The number of amides is 1. The molecule has 0 atom stereocenters. The van der Waals surface area contributed by atoms with Crippen molar-refractivity contribution in [2.45, 2.75) is 6.92 Å². The Balaban J connectivity index is 2.01. The van der Waals surface area contributed by atoms with Gasteiger partial charge in [-0.15, -0.1) is 0 Å². The molecule has 0 fully saturated rings. The van der Waals surface area contributed by atoms with E-state index in [0.717, 1.165) is 10.9 Å². The van der Waals surface area contributed by atoms with E-state index in [1.165, 1.54) is 25.3 Å². The second-order valence-corrected chi connectivity index (χ2v) is 4.59. The average molecular weight is 285 g/mol. The molecule has 0 bridgehead atoms. The van der Waals surface area contributed by atoms with Gasteiger partial charge in [0.1, 0.15) is 11.6 Å². The van der Waals surface area contributed by atoms with E-state index >= 15 is 0 Å². The minimum absolute atomic E-state index is 0.286. The van der Waals surface area contributed by atoms with Gasteiger partial charge in [0.2, 0.25) is 5.91 Å². The van der Waals surface area contributed by atoms with Crippen LogP contribution in [0.1, 0.15) is 6.92 Å². The van der Waals surface area contributed by atoms with Crippen molar-refractivity contribution in [3.63, 3.8) is 0 Å². The highest BCUT2D eigenvalue weighted by molar-refractivity contribution is 5.88. The van der Waals surface area contributed by atoms with Gasteiger partial charge in [0.25, 0.3) is 0 Å². The van der Waals surface area contributed by atoms with Crippen molar-refractivity contribution in [2.75, 3.05) is 5.06 Å². The molecule has 0 aliphatic heterocycles. The van der Waals surface area contributed by atoms with E-state index in [2.05, 4.69) is 4.98 Å². The number of rotatable bonds is 2. The molecule has 0 unspecified atom stereocenters. The van der Waals surface area contributed by atoms with Gasteiger partial charge in [-0.1, -0.05) is 0 Å². The molecule has 1 amide bonds. The average Bonchev–Trinajstić information content (AvgIpc) is 2.89. The van der Waals surface area contributed by atoms with Crippen LogP contribution in [-0.2, 0) is 4.79 Å². The normalized spacial score (nSPS) is 10.8. The molecule has 0 spiro atoms. The number of fused-ring (bicyclic) bond motifs is 1. The van der Waals surface area contributed by atoms with Crippen LogP contribution in [0.25, 0.3) is 16.7 Å². The molecule has 106 valence electrons. The van der Waals surface area contributed by atoms with Gasteiger partial charge in [-0.05, 0) is 36.4 Å². The van der Waals surface area contributed by atoms with Gasteiger partial charge in [-0.3, -0.25) is 10.0 Å². The first-order valence-corrected chi connectivity index (χ1v) is 6.29. The van der Waals surface area contributed by atoms with E-state index in [-0.39, 0.29) is 11.5 Å². The number of benzene rings is 1. The third-order valence-electron chi connectivity index (χ3n) is 3.17. The van der Waals surface area contributed by atoms with Crippen LogP contribution in [0.4, 0.5) is 10.1 Å². The van der Waals surface area contributed by atoms with E-state index in [0.29, 0.717) is 10.9 Å². The van der Waals surface area contributed by atoms with Crippen molar-refractivity contribution in [2.24, 2.45) is 0 Å². The third kappa shape index (κ3) is 2.36. The first-order valence-electron chi connectivity index (χ1n) is 6.29. The molecule has 0 radical (unpaired) electrons. The van der Waals surface area contributed by atoms with E-state index in [1.807, 2.05) is 0 Å². The number of halogens is 1. The predicted octanol–water partition coefficient (Wildman–Crippen LogP) is 2.91. The van der Waals surface area contributed by atoms with Gasteiger partial charge in [0.15, 0.2) is 0 Å². The molecule has 0 saturated carbocycles. The maximum atomic E-state index is 13.2. The van der Waals surface area contributed by atoms with Crippen molar-refractivity contribution < 1.29 is 14.4 Å². The van der Waals surface area contributed by atoms with Crippen LogP contribution in [-0.4, -0.2) is 20.7 Å². The van der Waals surface area contributed by atoms with Crippen molar-refractivity contribution >= 4 is 22.5 Å². The van der Waals surface area contributed by atoms with Gasteiger partial charge in [0, 0.05) is 18.5 Å². The monoisotopic (exact) mass is 285 g/mol. The summed E-state index contributed by atoms with van der Waals surface area (Å²) in [5.74, 6) is -0.176. The molecular weight excluding hydrogens is 273 g/mol. The van der Waals surface area contributed by atoms with Crippen molar-refractivity contribution in [1.29, 1.82) is 0 Å². The molecule has 1 N–H and O–H groups in total. The van der Waals surface area contributed by atoms with Gasteiger partial charge >= 0.3 is 0 Å². The minimum Gasteiger partial charge on any atom is -0.301 e. The molecule has 0 saturated heterocycles. The fourth-order valence-corrected chi connectivity index (χ4v) is 2.14. The maximum absolute atomic E-state index is 13.2. The molecule has 1 aromatic carbocycles. The lowest BCUT2D eigenvalue weighted by molar-refractivity contribution is -0.121. The highest BCUT2D eigenvalue weighted by Crippen LogP contribution is 2.21. The number of pyridine rings is 1. The zero-order chi connectivity index (χ0) is 15.0. The number of hydrogen-bond donors (Lipinski definition) is 1. The van der Waals surface area contributed by atoms with Gasteiger partial charge in [-0.2, -0.15) is 5.06 Å². The number of nitrogens with zero attached hydrogens (tertiary/aromatic N) is 3. The third-order valence-corrected chi connectivity index (χ3v) is 3.17. The smallest absolute Gasteiger partial charge is 0.247 e. The number of hydrogen-bond acceptors (Lipinski definition) is 3. The minimum atomic E-state index is -0.494. The number of carbonyl (C=O) groups is 1. The lowest BCUT2D eigenvalue weighted by Gasteiger charge is -2.12. The summed E-state index contributed by atoms with van der Waals surface area (Å²) in [4.78, 5) is 15.3. The van der Waals surface area contributed by atoms with Crippen LogP contribution in [0.2, 0.25) is 0 Å². The Morgan fingerprint density at radius 2 is 2.10 bits per heavy atom. The van der Waals surface area contributed by atoms with Crippen molar-refractivity contribution in [1.82, 2.24) is 9.55 Å². The largest absolute Gasteiger partial charge is 0.301 e. The summed E-state index contributed by atoms with van der Waals surface area (Å²) < 4.78 is 15.0. The van der Waals surface area contributed by atoms with Gasteiger partial charge < -0.3 is 4.57 Å². The quantitative estimate of drug-likeness (QED) is 0.582. The summed E-state index contributed by atoms with van der Waals surface area (Å²) in [5.41, 5.74) is 1.11. The molecule has 3 rings (SSSR count). The maximum Gasteiger partial charge on any atom is 0.247 e. The molecule has 3 aromatic rings. The summed E-state index contributed by atoms with van der Waals surface area (Å²) in [6, 6.07) is 9.56. The Labute approximate surface area is 119 Å². The Bertz CT molecular complexity index is 811. The molecule has 6 heteroatoms. The first kappa shape index (κ1) is 13.3. The van der Waals surface area contributed by atoms with Crippen molar-refractivity contribution in [3.8, 4) is 5.82 Å². The highest BCUT2D eigenvalue weighted by atomic mass is 19.1. The summed E-state index contributed by atoms with van der Waals surface area (Å²) in [6.07, 6.45) is 3.18. The van der Waals surface area contributed by atoms with Crippen LogP contribution >= 0.6 is 0 Å². The Kier molecular flexibility index (Phi) is 3.15. The molecule has 21 heavy (non-hydrogen) atoms. The van der Waals surface area contributed by atoms with E-state index in [4.69, 9.17) is 0 Å². The summed E-state index contributed by atoms with van der Waals surface area (Å²) in [6.45, 7) is 1.25. The molecule has 2 heterocycles. The summed E-state index contributed by atoms with van der Waals surface area (Å²) in [7, 11) is 0. The number of carbonyl (C=O) groups excluding carboxylic acids is 1. The Morgan fingerprint density at radius 3 is 2.76 bits per heavy atom. The van der Waals surface area contributed by atoms with Gasteiger partial charge in [0.05, 0.1) is 17.4 Å². The SMILES string of the molecule is CC(=O)N(O)c1ccc(-n2ccc3cc(F)ccc32)nc1. The van der Waals surface area contributed by atoms with Crippen LogP contribution in [0.15, 0.2) is 48.8 Å².